The molecular weight excluding hydrogens is 344 g/mol. The van der Waals surface area contributed by atoms with Gasteiger partial charge in [0.25, 0.3) is 5.91 Å². The summed E-state index contributed by atoms with van der Waals surface area (Å²) in [6, 6.07) is 9.51. The van der Waals surface area contributed by atoms with Crippen LogP contribution in [-0.2, 0) is 0 Å². The number of fused-ring (bicyclic) bond motifs is 1. The van der Waals surface area contributed by atoms with Gasteiger partial charge in [-0.1, -0.05) is 23.7 Å². The quantitative estimate of drug-likeness (QED) is 0.752. The molecule has 2 N–H and O–H groups in total. The number of halogens is 1. The fourth-order valence-electron chi connectivity index (χ4n) is 2.76. The molecule has 124 valence electrons. The molecule has 1 aliphatic rings. The Morgan fingerprint density at radius 2 is 2.25 bits per heavy atom. The molecule has 0 aliphatic carbocycles. The predicted molar refractivity (Wildman–Crippen MR) is 97.4 cm³/mol. The Morgan fingerprint density at radius 3 is 2.96 bits per heavy atom. The number of nitrogens with zero attached hydrogens (tertiary/aromatic N) is 2. The van der Waals surface area contributed by atoms with Crippen LogP contribution in [0.4, 0.5) is 0 Å². The van der Waals surface area contributed by atoms with Gasteiger partial charge in [0, 0.05) is 30.9 Å². The van der Waals surface area contributed by atoms with Crippen molar-refractivity contribution >= 4 is 39.1 Å². The first-order valence-corrected chi connectivity index (χ1v) is 9.06. The van der Waals surface area contributed by atoms with E-state index in [4.69, 9.17) is 11.6 Å². The normalized spacial score (nSPS) is 14.8. The summed E-state index contributed by atoms with van der Waals surface area (Å²) in [4.78, 5) is 14.1. The van der Waals surface area contributed by atoms with Crippen molar-refractivity contribution in [2.24, 2.45) is 5.92 Å². The molecule has 1 aliphatic heterocycles. The second-order valence-electron chi connectivity index (χ2n) is 6.01. The molecule has 1 saturated heterocycles. The summed E-state index contributed by atoms with van der Waals surface area (Å²) < 4.78 is 1.82. The van der Waals surface area contributed by atoms with E-state index in [-0.39, 0.29) is 5.91 Å². The summed E-state index contributed by atoms with van der Waals surface area (Å²) in [5.74, 6) is 0.525. The highest BCUT2D eigenvalue weighted by Gasteiger charge is 2.20. The number of aryl methyl sites for hydroxylation is 1. The molecule has 1 amide bonds. The zero-order valence-electron chi connectivity index (χ0n) is 13.2. The second kappa shape index (κ2) is 6.20. The molecule has 0 radical (unpaired) electrons. The summed E-state index contributed by atoms with van der Waals surface area (Å²) in [5.41, 5.74) is 1.72. The van der Waals surface area contributed by atoms with Gasteiger partial charge in [-0.3, -0.25) is 4.79 Å². The molecule has 3 aromatic rings. The maximum atomic E-state index is 12.4. The lowest BCUT2D eigenvalue weighted by atomic mass is 10.0. The fraction of sp³-hybridized carbons (Fsp3) is 0.294. The van der Waals surface area contributed by atoms with Gasteiger partial charge in [0.05, 0.1) is 21.3 Å². The molecule has 0 bridgehead atoms. The van der Waals surface area contributed by atoms with Gasteiger partial charge in [0.15, 0.2) is 0 Å². The smallest absolute Gasteiger partial charge is 0.261 e. The van der Waals surface area contributed by atoms with Crippen molar-refractivity contribution in [3.8, 4) is 5.69 Å². The number of thiophene rings is 1. The van der Waals surface area contributed by atoms with Crippen LogP contribution >= 0.6 is 22.9 Å². The van der Waals surface area contributed by atoms with Gasteiger partial charge in [0.2, 0.25) is 0 Å². The number of benzene rings is 1. The lowest BCUT2D eigenvalue weighted by molar-refractivity contribution is 0.0946. The third-order valence-corrected chi connectivity index (χ3v) is 5.70. The lowest BCUT2D eigenvalue weighted by Gasteiger charge is -2.26. The largest absolute Gasteiger partial charge is 0.351 e. The van der Waals surface area contributed by atoms with Gasteiger partial charge >= 0.3 is 0 Å². The predicted octanol–water partition coefficient (Wildman–Crippen LogP) is 3.00. The maximum Gasteiger partial charge on any atom is 0.261 e. The number of hydrogen-bond donors (Lipinski definition) is 2. The summed E-state index contributed by atoms with van der Waals surface area (Å²) >= 11 is 7.75. The average Bonchev–Trinajstić information content (AvgIpc) is 3.07. The van der Waals surface area contributed by atoms with Crippen LogP contribution in [0.2, 0.25) is 5.02 Å². The van der Waals surface area contributed by atoms with E-state index < -0.39 is 0 Å². The maximum absolute atomic E-state index is 12.4. The Kier molecular flexibility index (Phi) is 4.04. The Hall–Kier alpha value is -1.89. The molecule has 0 spiro atoms. The molecule has 0 unspecified atom stereocenters. The number of para-hydroxylation sites is 1. The van der Waals surface area contributed by atoms with Crippen LogP contribution in [0.15, 0.2) is 30.3 Å². The van der Waals surface area contributed by atoms with E-state index in [1.165, 1.54) is 11.3 Å². The monoisotopic (exact) mass is 360 g/mol. The number of carbonyl (C=O) groups excluding carboxylic acids is 1. The third kappa shape index (κ3) is 2.70. The molecule has 4 rings (SSSR count). The van der Waals surface area contributed by atoms with Crippen molar-refractivity contribution in [3.05, 3.63) is 45.9 Å². The van der Waals surface area contributed by atoms with Gasteiger partial charge in [0.1, 0.15) is 4.83 Å². The van der Waals surface area contributed by atoms with Gasteiger partial charge in [-0.25, -0.2) is 4.68 Å². The SMILES string of the molecule is Cc1nn(-c2ccccc2Cl)c2sc(C(=O)NCC3CNC3)cc12. The third-order valence-electron chi connectivity index (χ3n) is 4.27. The van der Waals surface area contributed by atoms with Crippen LogP contribution < -0.4 is 10.6 Å². The summed E-state index contributed by atoms with van der Waals surface area (Å²) in [6.07, 6.45) is 0. The van der Waals surface area contributed by atoms with E-state index >= 15 is 0 Å². The number of nitrogens with one attached hydrogen (secondary N) is 2. The van der Waals surface area contributed by atoms with E-state index in [1.807, 2.05) is 41.9 Å². The van der Waals surface area contributed by atoms with Crippen LogP contribution in [-0.4, -0.2) is 35.3 Å². The molecule has 24 heavy (non-hydrogen) atoms. The van der Waals surface area contributed by atoms with Gasteiger partial charge < -0.3 is 10.6 Å². The topological polar surface area (TPSA) is 59.0 Å². The summed E-state index contributed by atoms with van der Waals surface area (Å²) in [5, 5.41) is 12.4. The molecule has 7 heteroatoms. The zero-order chi connectivity index (χ0) is 16.7. The van der Waals surface area contributed by atoms with Crippen molar-refractivity contribution in [1.29, 1.82) is 0 Å². The molecule has 1 fully saturated rings. The first-order chi connectivity index (χ1) is 11.6. The van der Waals surface area contributed by atoms with E-state index in [1.54, 1.807) is 0 Å². The Balaban J connectivity index is 1.66. The highest BCUT2D eigenvalue weighted by molar-refractivity contribution is 7.20. The first-order valence-electron chi connectivity index (χ1n) is 7.86. The standard InChI is InChI=1S/C17H17ClN4OS/c1-10-12-6-15(16(23)20-9-11-7-19-8-11)24-17(12)22(21-10)14-5-3-2-4-13(14)18/h2-6,11,19H,7-9H2,1H3,(H,20,23). The molecule has 5 nitrogen and oxygen atoms in total. The Morgan fingerprint density at radius 1 is 1.46 bits per heavy atom. The molecule has 1 aromatic carbocycles. The molecule has 0 saturated carbocycles. The second-order valence-corrected chi connectivity index (χ2v) is 7.45. The van der Waals surface area contributed by atoms with Crippen LogP contribution in [0.25, 0.3) is 15.9 Å². The van der Waals surface area contributed by atoms with E-state index in [2.05, 4.69) is 15.7 Å². The number of carbonyl (C=O) groups is 1. The van der Waals surface area contributed by atoms with Crippen molar-refractivity contribution in [2.75, 3.05) is 19.6 Å². The van der Waals surface area contributed by atoms with Crippen LogP contribution in [0.5, 0.6) is 0 Å². The van der Waals surface area contributed by atoms with E-state index in [0.717, 1.165) is 41.2 Å². The number of amides is 1. The van der Waals surface area contributed by atoms with Crippen molar-refractivity contribution in [3.63, 3.8) is 0 Å². The van der Waals surface area contributed by atoms with Crippen molar-refractivity contribution in [2.45, 2.75) is 6.92 Å². The fourth-order valence-corrected chi connectivity index (χ4v) is 4.07. The van der Waals surface area contributed by atoms with Gasteiger partial charge in [-0.2, -0.15) is 5.10 Å². The van der Waals surface area contributed by atoms with Gasteiger partial charge in [-0.15, -0.1) is 11.3 Å². The number of hydrogen-bond acceptors (Lipinski definition) is 4. The number of aromatic nitrogens is 2. The molecule has 0 atom stereocenters. The highest BCUT2D eigenvalue weighted by Crippen LogP contribution is 2.32. The summed E-state index contributed by atoms with van der Waals surface area (Å²) in [7, 11) is 0. The minimum absolute atomic E-state index is 0.0202. The Labute approximate surface area is 148 Å². The van der Waals surface area contributed by atoms with Crippen molar-refractivity contribution < 1.29 is 4.79 Å². The Bertz CT molecular complexity index is 913. The van der Waals surface area contributed by atoms with E-state index in [9.17, 15) is 4.79 Å². The van der Waals surface area contributed by atoms with Crippen LogP contribution in [0.3, 0.4) is 0 Å². The highest BCUT2D eigenvalue weighted by atomic mass is 35.5. The average molecular weight is 361 g/mol. The minimum Gasteiger partial charge on any atom is -0.351 e. The summed E-state index contributed by atoms with van der Waals surface area (Å²) in [6.45, 7) is 4.63. The molecule has 2 aromatic heterocycles. The van der Waals surface area contributed by atoms with Crippen molar-refractivity contribution in [1.82, 2.24) is 20.4 Å². The van der Waals surface area contributed by atoms with E-state index in [0.29, 0.717) is 15.8 Å². The molecular formula is C17H17ClN4OS. The minimum atomic E-state index is -0.0202. The van der Waals surface area contributed by atoms with Gasteiger partial charge in [-0.05, 0) is 25.1 Å². The lowest BCUT2D eigenvalue weighted by Crippen LogP contribution is -2.48. The van der Waals surface area contributed by atoms with Crippen LogP contribution in [0.1, 0.15) is 15.4 Å². The number of rotatable bonds is 4. The molecule has 3 heterocycles. The van der Waals surface area contributed by atoms with Crippen LogP contribution in [0, 0.1) is 12.8 Å². The first kappa shape index (κ1) is 15.6. The zero-order valence-corrected chi connectivity index (χ0v) is 14.7.